The Bertz CT molecular complexity index is 397. The number of aliphatic hydroxyl groups excluding tert-OH is 1. The van der Waals surface area contributed by atoms with Gasteiger partial charge in [0.2, 0.25) is 0 Å². The third-order valence-corrected chi connectivity index (χ3v) is 3.62. The van der Waals surface area contributed by atoms with Crippen molar-refractivity contribution in [2.75, 3.05) is 37.7 Å². The molecule has 2 heterocycles. The van der Waals surface area contributed by atoms with Crippen LogP contribution in [-0.4, -0.2) is 49.0 Å². The maximum Gasteiger partial charge on any atom is 0.0980 e. The van der Waals surface area contributed by atoms with E-state index in [1.54, 1.807) is 0 Å². The van der Waals surface area contributed by atoms with Gasteiger partial charge in [-0.3, -0.25) is 4.98 Å². The highest BCUT2D eigenvalue weighted by molar-refractivity contribution is 5.45. The highest BCUT2D eigenvalue weighted by Gasteiger charge is 2.20. The minimum absolute atomic E-state index is 0.0694. The van der Waals surface area contributed by atoms with E-state index in [0.29, 0.717) is 6.61 Å². The van der Waals surface area contributed by atoms with Gasteiger partial charge in [-0.1, -0.05) is 6.92 Å². The summed E-state index contributed by atoms with van der Waals surface area (Å²) in [6.45, 7) is 7.59. The van der Waals surface area contributed by atoms with Gasteiger partial charge in [0.05, 0.1) is 36.9 Å². The molecular formula is C15H25N3O2. The highest BCUT2D eigenvalue weighted by Crippen LogP contribution is 2.19. The standard InChI is InChI=1S/C15H25N3O2/c1-3-6-16-12(2)15-5-4-13(9-17-15)18-7-8-20-14(10-18)11-19/h4-5,9,12,14,16,19H,3,6-8,10-11H2,1-2H3. The quantitative estimate of drug-likeness (QED) is 0.823. The van der Waals surface area contributed by atoms with E-state index in [9.17, 15) is 5.11 Å². The molecule has 112 valence electrons. The lowest BCUT2D eigenvalue weighted by Crippen LogP contribution is -2.44. The van der Waals surface area contributed by atoms with Gasteiger partial charge >= 0.3 is 0 Å². The predicted molar refractivity (Wildman–Crippen MR) is 80.0 cm³/mol. The fourth-order valence-electron chi connectivity index (χ4n) is 2.37. The van der Waals surface area contributed by atoms with Crippen molar-refractivity contribution in [1.29, 1.82) is 0 Å². The summed E-state index contributed by atoms with van der Waals surface area (Å²) in [6.07, 6.45) is 2.95. The topological polar surface area (TPSA) is 57.6 Å². The van der Waals surface area contributed by atoms with Crippen LogP contribution in [0, 0.1) is 0 Å². The minimum atomic E-state index is -0.0893. The van der Waals surface area contributed by atoms with Crippen molar-refractivity contribution in [3.63, 3.8) is 0 Å². The molecule has 1 fully saturated rings. The van der Waals surface area contributed by atoms with Crippen LogP contribution < -0.4 is 10.2 Å². The molecule has 0 aliphatic carbocycles. The number of hydrogen-bond donors (Lipinski definition) is 2. The molecule has 0 saturated carbocycles. The van der Waals surface area contributed by atoms with Crippen LogP contribution in [0.25, 0.3) is 0 Å². The Balaban J connectivity index is 1.97. The summed E-state index contributed by atoms with van der Waals surface area (Å²) in [7, 11) is 0. The van der Waals surface area contributed by atoms with E-state index < -0.39 is 0 Å². The summed E-state index contributed by atoms with van der Waals surface area (Å²) in [6, 6.07) is 4.46. The first-order valence-corrected chi connectivity index (χ1v) is 7.41. The molecule has 2 unspecified atom stereocenters. The molecule has 0 spiro atoms. The number of nitrogens with one attached hydrogen (secondary N) is 1. The number of ether oxygens (including phenoxy) is 1. The van der Waals surface area contributed by atoms with Gasteiger partial charge in [-0.2, -0.15) is 0 Å². The van der Waals surface area contributed by atoms with E-state index in [0.717, 1.165) is 37.4 Å². The third-order valence-electron chi connectivity index (χ3n) is 3.62. The molecule has 1 aromatic heterocycles. The van der Waals surface area contributed by atoms with Crippen molar-refractivity contribution < 1.29 is 9.84 Å². The van der Waals surface area contributed by atoms with Gasteiger partial charge in [-0.15, -0.1) is 0 Å². The van der Waals surface area contributed by atoms with E-state index in [1.807, 2.05) is 6.20 Å². The second-order valence-corrected chi connectivity index (χ2v) is 5.24. The van der Waals surface area contributed by atoms with Crippen LogP contribution in [-0.2, 0) is 4.74 Å². The molecule has 20 heavy (non-hydrogen) atoms. The number of aromatic nitrogens is 1. The average molecular weight is 279 g/mol. The molecule has 0 aromatic carbocycles. The molecule has 5 heteroatoms. The molecule has 0 bridgehead atoms. The van der Waals surface area contributed by atoms with Gasteiger partial charge in [0.15, 0.2) is 0 Å². The van der Waals surface area contributed by atoms with Crippen LogP contribution in [0.5, 0.6) is 0 Å². The molecule has 2 atom stereocenters. The smallest absolute Gasteiger partial charge is 0.0980 e. The number of nitrogens with zero attached hydrogens (tertiary/aromatic N) is 2. The lowest BCUT2D eigenvalue weighted by atomic mass is 10.2. The number of rotatable bonds is 6. The van der Waals surface area contributed by atoms with Crippen molar-refractivity contribution in [3.05, 3.63) is 24.0 Å². The Morgan fingerprint density at radius 1 is 1.55 bits per heavy atom. The van der Waals surface area contributed by atoms with Gasteiger partial charge in [0.1, 0.15) is 0 Å². The number of aliphatic hydroxyl groups is 1. The molecule has 2 rings (SSSR count). The maximum atomic E-state index is 9.18. The van der Waals surface area contributed by atoms with Gasteiger partial charge in [0.25, 0.3) is 0 Å². The fraction of sp³-hybridized carbons (Fsp3) is 0.667. The monoisotopic (exact) mass is 279 g/mol. The molecule has 1 aliphatic heterocycles. The second-order valence-electron chi connectivity index (χ2n) is 5.24. The highest BCUT2D eigenvalue weighted by atomic mass is 16.5. The molecule has 1 aromatic rings. The van der Waals surface area contributed by atoms with Crippen molar-refractivity contribution in [2.45, 2.75) is 32.4 Å². The molecular weight excluding hydrogens is 254 g/mol. The predicted octanol–water partition coefficient (Wildman–Crippen LogP) is 1.34. The Morgan fingerprint density at radius 3 is 3.05 bits per heavy atom. The van der Waals surface area contributed by atoms with E-state index in [-0.39, 0.29) is 18.8 Å². The first-order valence-electron chi connectivity index (χ1n) is 7.41. The minimum Gasteiger partial charge on any atom is -0.394 e. The Hall–Kier alpha value is -1.17. The second kappa shape index (κ2) is 7.57. The van der Waals surface area contributed by atoms with Crippen molar-refractivity contribution in [2.24, 2.45) is 0 Å². The molecule has 1 aliphatic rings. The normalized spacial score (nSPS) is 20.9. The van der Waals surface area contributed by atoms with Gasteiger partial charge in [0, 0.05) is 19.1 Å². The molecule has 2 N–H and O–H groups in total. The van der Waals surface area contributed by atoms with E-state index >= 15 is 0 Å². The van der Waals surface area contributed by atoms with Crippen LogP contribution in [0.3, 0.4) is 0 Å². The molecule has 0 amide bonds. The first-order chi connectivity index (χ1) is 9.74. The van der Waals surface area contributed by atoms with Crippen LogP contribution in [0.1, 0.15) is 32.0 Å². The van der Waals surface area contributed by atoms with Crippen molar-refractivity contribution >= 4 is 5.69 Å². The van der Waals surface area contributed by atoms with Gasteiger partial charge < -0.3 is 20.1 Å². The summed E-state index contributed by atoms with van der Waals surface area (Å²) in [5.41, 5.74) is 2.16. The SMILES string of the molecule is CCCNC(C)c1ccc(N2CCOC(CO)C2)cn1. The zero-order valence-corrected chi connectivity index (χ0v) is 12.4. The zero-order chi connectivity index (χ0) is 14.4. The summed E-state index contributed by atoms with van der Waals surface area (Å²) >= 11 is 0. The van der Waals surface area contributed by atoms with Gasteiger partial charge in [-0.05, 0) is 32.0 Å². The lowest BCUT2D eigenvalue weighted by Gasteiger charge is -2.33. The van der Waals surface area contributed by atoms with Crippen LogP contribution in [0.4, 0.5) is 5.69 Å². The van der Waals surface area contributed by atoms with Crippen LogP contribution in [0.2, 0.25) is 0 Å². The van der Waals surface area contributed by atoms with E-state index in [4.69, 9.17) is 4.74 Å². The number of hydrogen-bond acceptors (Lipinski definition) is 5. The first kappa shape index (κ1) is 15.2. The largest absolute Gasteiger partial charge is 0.394 e. The molecule has 5 nitrogen and oxygen atoms in total. The van der Waals surface area contributed by atoms with E-state index in [1.165, 1.54) is 0 Å². The van der Waals surface area contributed by atoms with Crippen LogP contribution in [0.15, 0.2) is 18.3 Å². The van der Waals surface area contributed by atoms with Crippen LogP contribution >= 0.6 is 0 Å². The summed E-state index contributed by atoms with van der Waals surface area (Å²) in [4.78, 5) is 6.76. The fourth-order valence-corrected chi connectivity index (χ4v) is 2.37. The van der Waals surface area contributed by atoms with Gasteiger partial charge in [-0.25, -0.2) is 0 Å². The number of anilines is 1. The number of pyridine rings is 1. The van der Waals surface area contributed by atoms with Crippen molar-refractivity contribution in [3.8, 4) is 0 Å². The maximum absolute atomic E-state index is 9.18. The summed E-state index contributed by atoms with van der Waals surface area (Å²) < 4.78 is 5.46. The molecule has 1 saturated heterocycles. The Labute approximate surface area is 121 Å². The average Bonchev–Trinajstić information content (AvgIpc) is 2.52. The summed E-state index contributed by atoms with van der Waals surface area (Å²) in [5, 5.41) is 12.6. The van der Waals surface area contributed by atoms with E-state index in [2.05, 4.69) is 41.2 Å². The van der Waals surface area contributed by atoms with Crippen molar-refractivity contribution in [1.82, 2.24) is 10.3 Å². The molecule has 0 radical (unpaired) electrons. The Morgan fingerprint density at radius 2 is 2.40 bits per heavy atom. The Kier molecular flexibility index (Phi) is 5.76. The zero-order valence-electron chi connectivity index (χ0n) is 12.4. The summed E-state index contributed by atoms with van der Waals surface area (Å²) in [5.74, 6) is 0. The third kappa shape index (κ3) is 3.91. The number of morpholine rings is 1. The lowest BCUT2D eigenvalue weighted by molar-refractivity contribution is 0.00355.